The maximum Gasteiger partial charge on any atom is 0.348 e. The summed E-state index contributed by atoms with van der Waals surface area (Å²) in [4.78, 5) is 12.6. The predicted octanol–water partition coefficient (Wildman–Crippen LogP) is 2.93. The van der Waals surface area contributed by atoms with Crippen molar-refractivity contribution in [1.82, 2.24) is 0 Å². The summed E-state index contributed by atoms with van der Waals surface area (Å²) in [5, 5.41) is 12.7. The van der Waals surface area contributed by atoms with E-state index in [9.17, 15) is 9.90 Å². The number of carbonyl (C=O) groups is 1. The zero-order valence-corrected chi connectivity index (χ0v) is 13.3. The largest absolute Gasteiger partial charge is 0.497 e. The van der Waals surface area contributed by atoms with Crippen LogP contribution in [0.25, 0.3) is 0 Å². The molecule has 0 aliphatic carbocycles. The fourth-order valence-corrected chi connectivity index (χ4v) is 3.36. The first-order valence-electron chi connectivity index (χ1n) is 5.72. The number of aliphatic hydroxyl groups is 1. The van der Waals surface area contributed by atoms with Crippen molar-refractivity contribution < 1.29 is 19.4 Å². The van der Waals surface area contributed by atoms with E-state index in [2.05, 4.69) is 15.9 Å². The molecule has 0 bridgehead atoms. The zero-order chi connectivity index (χ0) is 14.8. The van der Waals surface area contributed by atoms with E-state index in [1.54, 1.807) is 42.8 Å². The summed E-state index contributed by atoms with van der Waals surface area (Å²) in [6.07, 6.45) is 0. The molecule has 1 N–H and O–H groups in total. The van der Waals surface area contributed by atoms with Gasteiger partial charge in [-0.2, -0.15) is 0 Å². The first kappa shape index (κ1) is 15.0. The van der Waals surface area contributed by atoms with Crippen LogP contribution in [-0.2, 0) is 15.1 Å². The Labute approximate surface area is 129 Å². The molecule has 1 aromatic heterocycles. The second-order valence-electron chi connectivity index (χ2n) is 4.03. The van der Waals surface area contributed by atoms with E-state index >= 15 is 0 Å². The SMILES string of the molecule is COC(=O)C(O)(c1cccs1)c1ccc(OC)cc1Br. The Balaban J connectivity index is 2.61. The Morgan fingerprint density at radius 1 is 1.35 bits per heavy atom. The van der Waals surface area contributed by atoms with E-state index < -0.39 is 11.6 Å². The van der Waals surface area contributed by atoms with E-state index in [0.717, 1.165) is 0 Å². The first-order chi connectivity index (χ1) is 9.53. The van der Waals surface area contributed by atoms with Gasteiger partial charge in [0.1, 0.15) is 5.75 Å². The first-order valence-corrected chi connectivity index (χ1v) is 7.40. The molecular weight excluding hydrogens is 344 g/mol. The average molecular weight is 357 g/mol. The number of thiophene rings is 1. The van der Waals surface area contributed by atoms with Crippen molar-refractivity contribution in [2.24, 2.45) is 0 Å². The van der Waals surface area contributed by atoms with Gasteiger partial charge < -0.3 is 14.6 Å². The monoisotopic (exact) mass is 356 g/mol. The summed E-state index contributed by atoms with van der Waals surface area (Å²) < 4.78 is 10.5. The van der Waals surface area contributed by atoms with Crippen LogP contribution in [0, 0.1) is 0 Å². The summed E-state index contributed by atoms with van der Waals surface area (Å²) in [6.45, 7) is 0. The molecule has 0 saturated heterocycles. The molecule has 0 aliphatic rings. The number of rotatable bonds is 4. The fourth-order valence-electron chi connectivity index (χ4n) is 1.89. The molecule has 0 amide bonds. The van der Waals surface area contributed by atoms with Crippen LogP contribution >= 0.6 is 27.3 Å². The molecule has 2 aromatic rings. The fraction of sp³-hybridized carbons (Fsp3) is 0.214. The minimum absolute atomic E-state index is 0.410. The van der Waals surface area contributed by atoms with Crippen molar-refractivity contribution in [3.63, 3.8) is 0 Å². The third kappa shape index (κ3) is 2.46. The third-order valence-electron chi connectivity index (χ3n) is 2.92. The standard InChI is InChI=1S/C14H13BrO4S/c1-18-9-5-6-10(11(15)8-9)14(17,13(16)19-2)12-4-3-7-20-12/h3-8,17H,1-2H3. The van der Waals surface area contributed by atoms with Gasteiger partial charge in [-0.1, -0.05) is 28.1 Å². The Morgan fingerprint density at radius 2 is 2.10 bits per heavy atom. The molecule has 0 saturated carbocycles. The van der Waals surface area contributed by atoms with Gasteiger partial charge in [0.05, 0.1) is 19.1 Å². The molecule has 1 atom stereocenters. The van der Waals surface area contributed by atoms with Crippen molar-refractivity contribution in [1.29, 1.82) is 0 Å². The van der Waals surface area contributed by atoms with E-state index in [0.29, 0.717) is 20.7 Å². The number of halogens is 1. The molecule has 0 spiro atoms. The van der Waals surface area contributed by atoms with E-state index in [4.69, 9.17) is 9.47 Å². The number of esters is 1. The number of hydrogen-bond donors (Lipinski definition) is 1. The summed E-state index contributed by atoms with van der Waals surface area (Å²) in [6, 6.07) is 8.47. The molecule has 2 rings (SSSR count). The summed E-state index contributed by atoms with van der Waals surface area (Å²) >= 11 is 4.65. The second-order valence-corrected chi connectivity index (χ2v) is 5.83. The third-order valence-corrected chi connectivity index (χ3v) is 4.56. The van der Waals surface area contributed by atoms with Crippen molar-refractivity contribution >= 4 is 33.2 Å². The Bertz CT molecular complexity index is 612. The highest BCUT2D eigenvalue weighted by atomic mass is 79.9. The van der Waals surface area contributed by atoms with Crippen LogP contribution in [0.5, 0.6) is 5.75 Å². The number of hydrogen-bond acceptors (Lipinski definition) is 5. The Morgan fingerprint density at radius 3 is 2.60 bits per heavy atom. The lowest BCUT2D eigenvalue weighted by Crippen LogP contribution is -2.37. The van der Waals surface area contributed by atoms with Crippen molar-refractivity contribution in [2.45, 2.75) is 5.60 Å². The topological polar surface area (TPSA) is 55.8 Å². The van der Waals surface area contributed by atoms with Gasteiger partial charge in [0.25, 0.3) is 0 Å². The number of benzene rings is 1. The predicted molar refractivity (Wildman–Crippen MR) is 80.0 cm³/mol. The average Bonchev–Trinajstić information content (AvgIpc) is 3.00. The van der Waals surface area contributed by atoms with Crippen LogP contribution in [-0.4, -0.2) is 25.3 Å². The molecule has 1 heterocycles. The number of ether oxygens (including phenoxy) is 2. The molecule has 6 heteroatoms. The normalized spacial score (nSPS) is 13.6. The summed E-state index contributed by atoms with van der Waals surface area (Å²) in [7, 11) is 2.80. The molecule has 1 unspecified atom stereocenters. The van der Waals surface area contributed by atoms with Gasteiger partial charge in [0.15, 0.2) is 0 Å². The Hall–Kier alpha value is -1.37. The van der Waals surface area contributed by atoms with Gasteiger partial charge >= 0.3 is 5.97 Å². The van der Waals surface area contributed by atoms with Gasteiger partial charge in [-0.25, -0.2) is 4.79 Å². The van der Waals surface area contributed by atoms with Crippen molar-refractivity contribution in [3.8, 4) is 5.75 Å². The van der Waals surface area contributed by atoms with Crippen LogP contribution in [0.15, 0.2) is 40.2 Å². The summed E-state index contributed by atoms with van der Waals surface area (Å²) in [5.74, 6) is -0.107. The molecule has 4 nitrogen and oxygen atoms in total. The lowest BCUT2D eigenvalue weighted by atomic mass is 9.92. The van der Waals surface area contributed by atoms with Gasteiger partial charge in [-0.15, -0.1) is 11.3 Å². The molecule has 0 radical (unpaired) electrons. The maximum atomic E-state index is 12.1. The molecule has 1 aromatic carbocycles. The van der Waals surface area contributed by atoms with Crippen LogP contribution in [0.4, 0.5) is 0 Å². The minimum atomic E-state index is -1.84. The number of carbonyl (C=O) groups excluding carboxylic acids is 1. The van der Waals surface area contributed by atoms with Gasteiger partial charge in [0.2, 0.25) is 5.60 Å². The number of methoxy groups -OCH3 is 2. The van der Waals surface area contributed by atoms with Gasteiger partial charge in [-0.3, -0.25) is 0 Å². The smallest absolute Gasteiger partial charge is 0.348 e. The van der Waals surface area contributed by atoms with Crippen molar-refractivity contribution in [2.75, 3.05) is 14.2 Å². The van der Waals surface area contributed by atoms with E-state index in [-0.39, 0.29) is 0 Å². The van der Waals surface area contributed by atoms with Gasteiger partial charge in [0, 0.05) is 10.0 Å². The second kappa shape index (κ2) is 5.95. The van der Waals surface area contributed by atoms with Crippen molar-refractivity contribution in [3.05, 3.63) is 50.6 Å². The zero-order valence-electron chi connectivity index (χ0n) is 10.9. The molecule has 0 aliphatic heterocycles. The minimum Gasteiger partial charge on any atom is -0.497 e. The van der Waals surface area contributed by atoms with Crippen LogP contribution in [0.1, 0.15) is 10.4 Å². The van der Waals surface area contributed by atoms with Gasteiger partial charge in [-0.05, 0) is 23.6 Å². The lowest BCUT2D eigenvalue weighted by molar-refractivity contribution is -0.158. The molecule has 0 fully saturated rings. The molecule has 106 valence electrons. The maximum absolute atomic E-state index is 12.1. The highest BCUT2D eigenvalue weighted by Gasteiger charge is 2.43. The quantitative estimate of drug-likeness (QED) is 0.855. The van der Waals surface area contributed by atoms with E-state index in [1.807, 2.05) is 0 Å². The summed E-state index contributed by atoms with van der Waals surface area (Å²) in [5.41, 5.74) is -1.43. The Kier molecular flexibility index (Phi) is 4.47. The molecule has 20 heavy (non-hydrogen) atoms. The molecular formula is C14H13BrO4S. The highest BCUT2D eigenvalue weighted by molar-refractivity contribution is 9.10. The van der Waals surface area contributed by atoms with Crippen LogP contribution < -0.4 is 4.74 Å². The van der Waals surface area contributed by atoms with E-state index in [1.165, 1.54) is 18.4 Å². The highest BCUT2D eigenvalue weighted by Crippen LogP contribution is 2.39. The van der Waals surface area contributed by atoms with Crippen LogP contribution in [0.2, 0.25) is 0 Å². The lowest BCUT2D eigenvalue weighted by Gasteiger charge is -2.25. The van der Waals surface area contributed by atoms with Crippen LogP contribution in [0.3, 0.4) is 0 Å².